The van der Waals surface area contributed by atoms with Crippen LogP contribution in [0.4, 0.5) is 5.69 Å². The van der Waals surface area contributed by atoms with Crippen molar-refractivity contribution >= 4 is 50.5 Å². The average Bonchev–Trinajstić information content (AvgIpc) is 2.53. The van der Waals surface area contributed by atoms with Crippen molar-refractivity contribution in [3.63, 3.8) is 0 Å². The van der Waals surface area contributed by atoms with Crippen LogP contribution in [-0.2, 0) is 0 Å². The van der Waals surface area contributed by atoms with Gasteiger partial charge in [0.05, 0.1) is 6.54 Å². The fourth-order valence-electron chi connectivity index (χ4n) is 1.89. The maximum atomic E-state index is 6.12. The third-order valence-electron chi connectivity index (χ3n) is 3.37. The second-order valence-electron chi connectivity index (χ2n) is 5.07. The Hall–Kier alpha value is -1.30. The number of thiocarbonyl (C=S) groups is 1. The fraction of sp³-hybridized carbons (Fsp3) is 0.235. The molecule has 0 atom stereocenters. The van der Waals surface area contributed by atoms with Crippen molar-refractivity contribution in [2.24, 2.45) is 0 Å². The first-order valence-electron chi connectivity index (χ1n) is 7.13. The van der Waals surface area contributed by atoms with Gasteiger partial charge in [-0.1, -0.05) is 33.6 Å². The summed E-state index contributed by atoms with van der Waals surface area (Å²) < 4.78 is 6.74. The standard InChI is InChI=1S/C17H18BrClN2OS/c1-12-15(19)4-3-5-16(12)20-17(23)21(2)10-11-22-14-8-6-13(18)7-9-14/h3-9H,10-11H2,1-2H3,(H,20,23). The van der Waals surface area contributed by atoms with Gasteiger partial charge in [0.25, 0.3) is 0 Å². The van der Waals surface area contributed by atoms with Crippen LogP contribution in [0.2, 0.25) is 5.02 Å². The summed E-state index contributed by atoms with van der Waals surface area (Å²) in [6, 6.07) is 13.5. The third-order valence-corrected chi connectivity index (χ3v) is 4.72. The van der Waals surface area contributed by atoms with Gasteiger partial charge in [0.2, 0.25) is 0 Å². The molecule has 0 fully saturated rings. The summed E-state index contributed by atoms with van der Waals surface area (Å²) in [6.45, 7) is 3.19. The van der Waals surface area contributed by atoms with Crippen molar-refractivity contribution in [1.29, 1.82) is 0 Å². The number of nitrogens with one attached hydrogen (secondary N) is 1. The molecule has 0 aliphatic carbocycles. The van der Waals surface area contributed by atoms with Crippen molar-refractivity contribution < 1.29 is 4.74 Å². The number of anilines is 1. The van der Waals surface area contributed by atoms with Crippen LogP contribution in [-0.4, -0.2) is 30.2 Å². The Labute approximate surface area is 155 Å². The molecule has 0 unspecified atom stereocenters. The van der Waals surface area contributed by atoms with Crippen molar-refractivity contribution in [3.8, 4) is 5.75 Å². The number of hydrogen-bond donors (Lipinski definition) is 1. The normalized spacial score (nSPS) is 10.3. The van der Waals surface area contributed by atoms with Crippen LogP contribution in [0, 0.1) is 6.92 Å². The minimum absolute atomic E-state index is 0.550. The number of rotatable bonds is 5. The third kappa shape index (κ3) is 5.37. The van der Waals surface area contributed by atoms with Gasteiger partial charge in [-0.05, 0) is 61.1 Å². The van der Waals surface area contributed by atoms with Gasteiger partial charge in [-0.3, -0.25) is 0 Å². The highest BCUT2D eigenvalue weighted by molar-refractivity contribution is 9.10. The van der Waals surface area contributed by atoms with Crippen molar-refractivity contribution in [2.45, 2.75) is 6.92 Å². The second-order valence-corrected chi connectivity index (χ2v) is 6.78. The number of benzene rings is 2. The van der Waals surface area contributed by atoms with Crippen LogP contribution >= 0.6 is 39.7 Å². The highest BCUT2D eigenvalue weighted by atomic mass is 79.9. The zero-order chi connectivity index (χ0) is 16.8. The van der Waals surface area contributed by atoms with Gasteiger partial charge < -0.3 is 15.0 Å². The highest BCUT2D eigenvalue weighted by Crippen LogP contribution is 2.23. The van der Waals surface area contributed by atoms with E-state index in [2.05, 4.69) is 21.2 Å². The van der Waals surface area contributed by atoms with Gasteiger partial charge in [-0.15, -0.1) is 0 Å². The molecule has 3 nitrogen and oxygen atoms in total. The first-order chi connectivity index (χ1) is 11.0. The maximum absolute atomic E-state index is 6.12. The van der Waals surface area contributed by atoms with E-state index in [0.29, 0.717) is 18.3 Å². The minimum Gasteiger partial charge on any atom is -0.492 e. The first-order valence-corrected chi connectivity index (χ1v) is 8.71. The molecule has 0 bridgehead atoms. The van der Waals surface area contributed by atoms with E-state index < -0.39 is 0 Å². The zero-order valence-corrected chi connectivity index (χ0v) is 16.1. The Balaban J connectivity index is 1.83. The topological polar surface area (TPSA) is 24.5 Å². The molecule has 122 valence electrons. The summed E-state index contributed by atoms with van der Waals surface area (Å²) in [6.07, 6.45) is 0. The molecular formula is C17H18BrClN2OS. The molecule has 0 aliphatic heterocycles. The van der Waals surface area contributed by atoms with Crippen molar-refractivity contribution in [3.05, 3.63) is 57.5 Å². The Bertz CT molecular complexity index is 679. The average molecular weight is 414 g/mol. The molecule has 2 aromatic carbocycles. The molecule has 2 rings (SSSR count). The van der Waals surface area contributed by atoms with Crippen LogP contribution in [0.15, 0.2) is 46.9 Å². The minimum atomic E-state index is 0.550. The van der Waals surface area contributed by atoms with Gasteiger partial charge in [0.1, 0.15) is 12.4 Å². The lowest BCUT2D eigenvalue weighted by Gasteiger charge is -2.22. The Morgan fingerprint density at radius 2 is 1.96 bits per heavy atom. The molecule has 0 amide bonds. The summed E-state index contributed by atoms with van der Waals surface area (Å²) in [5, 5.41) is 4.57. The lowest BCUT2D eigenvalue weighted by molar-refractivity contribution is 0.285. The molecule has 0 saturated carbocycles. The molecule has 23 heavy (non-hydrogen) atoms. The van der Waals surface area contributed by atoms with E-state index in [4.69, 9.17) is 28.6 Å². The van der Waals surface area contributed by atoms with E-state index in [1.807, 2.05) is 61.3 Å². The Morgan fingerprint density at radius 3 is 2.65 bits per heavy atom. The SMILES string of the molecule is Cc1c(Cl)cccc1NC(=S)N(C)CCOc1ccc(Br)cc1. The van der Waals surface area contributed by atoms with Gasteiger partial charge in [0, 0.05) is 22.2 Å². The molecule has 0 radical (unpaired) electrons. The van der Waals surface area contributed by atoms with Crippen LogP contribution in [0.1, 0.15) is 5.56 Å². The predicted octanol–water partition coefficient (Wildman–Crippen LogP) is 5.12. The molecule has 0 heterocycles. The zero-order valence-electron chi connectivity index (χ0n) is 13.0. The molecule has 6 heteroatoms. The largest absolute Gasteiger partial charge is 0.492 e. The van der Waals surface area contributed by atoms with Gasteiger partial charge in [-0.2, -0.15) is 0 Å². The molecule has 0 aliphatic rings. The number of likely N-dealkylation sites (N-methyl/N-ethyl adjacent to an activating group) is 1. The molecule has 0 saturated heterocycles. The summed E-state index contributed by atoms with van der Waals surface area (Å²) in [5.41, 5.74) is 1.90. The van der Waals surface area contributed by atoms with E-state index in [9.17, 15) is 0 Å². The molecule has 2 aromatic rings. The molecule has 1 N–H and O–H groups in total. The van der Waals surface area contributed by atoms with Crippen LogP contribution in [0.5, 0.6) is 5.75 Å². The van der Waals surface area contributed by atoms with Gasteiger partial charge in [0.15, 0.2) is 5.11 Å². The summed E-state index contributed by atoms with van der Waals surface area (Å²) in [5.74, 6) is 0.839. The van der Waals surface area contributed by atoms with Crippen molar-refractivity contribution in [2.75, 3.05) is 25.5 Å². The number of halogens is 2. The monoisotopic (exact) mass is 412 g/mol. The lowest BCUT2D eigenvalue weighted by Crippen LogP contribution is -2.34. The van der Waals surface area contributed by atoms with E-state index in [-0.39, 0.29) is 0 Å². The summed E-state index contributed by atoms with van der Waals surface area (Å²) in [4.78, 5) is 1.94. The number of nitrogens with zero attached hydrogens (tertiary/aromatic N) is 1. The van der Waals surface area contributed by atoms with Gasteiger partial charge in [-0.25, -0.2) is 0 Å². The number of hydrogen-bond acceptors (Lipinski definition) is 2. The lowest BCUT2D eigenvalue weighted by atomic mass is 10.2. The maximum Gasteiger partial charge on any atom is 0.173 e. The molecule has 0 spiro atoms. The van der Waals surface area contributed by atoms with E-state index in [1.165, 1.54) is 0 Å². The predicted molar refractivity (Wildman–Crippen MR) is 105 cm³/mol. The molecule has 0 aromatic heterocycles. The summed E-state index contributed by atoms with van der Waals surface area (Å²) >= 11 is 14.9. The van der Waals surface area contributed by atoms with E-state index >= 15 is 0 Å². The molecular weight excluding hydrogens is 396 g/mol. The number of ether oxygens (including phenoxy) is 1. The quantitative estimate of drug-likeness (QED) is 0.688. The Morgan fingerprint density at radius 1 is 1.26 bits per heavy atom. The van der Waals surface area contributed by atoms with E-state index in [1.54, 1.807) is 0 Å². The van der Waals surface area contributed by atoms with Gasteiger partial charge >= 0.3 is 0 Å². The van der Waals surface area contributed by atoms with Crippen LogP contribution in [0.3, 0.4) is 0 Å². The van der Waals surface area contributed by atoms with Crippen LogP contribution < -0.4 is 10.1 Å². The van der Waals surface area contributed by atoms with Crippen LogP contribution in [0.25, 0.3) is 0 Å². The summed E-state index contributed by atoms with van der Waals surface area (Å²) in [7, 11) is 1.93. The first kappa shape index (κ1) is 18.0. The van der Waals surface area contributed by atoms with Crippen molar-refractivity contribution in [1.82, 2.24) is 4.90 Å². The Kier molecular flexibility index (Phi) is 6.69. The smallest absolute Gasteiger partial charge is 0.173 e. The van der Waals surface area contributed by atoms with E-state index in [0.717, 1.165) is 26.5 Å². The fourth-order valence-corrected chi connectivity index (χ4v) is 2.53. The highest BCUT2D eigenvalue weighted by Gasteiger charge is 2.08. The second kappa shape index (κ2) is 8.52.